The van der Waals surface area contributed by atoms with Gasteiger partial charge in [-0.1, -0.05) is 64.1 Å². The van der Waals surface area contributed by atoms with E-state index in [1.54, 1.807) is 25.3 Å². The van der Waals surface area contributed by atoms with Crippen molar-refractivity contribution in [3.05, 3.63) is 80.3 Å². The first-order valence-corrected chi connectivity index (χ1v) is 11.9. The topological polar surface area (TPSA) is 74.4 Å². The Balaban J connectivity index is 0.00000121. The summed E-state index contributed by atoms with van der Waals surface area (Å²) in [5, 5.41) is 11.4. The molecule has 1 fully saturated rings. The summed E-state index contributed by atoms with van der Waals surface area (Å²) >= 11 is 0. The van der Waals surface area contributed by atoms with E-state index in [0.29, 0.717) is 11.5 Å². The third-order valence-electron chi connectivity index (χ3n) is 5.86. The first kappa shape index (κ1) is 27.6. The minimum Gasteiger partial charge on any atom is -0.376 e. The highest BCUT2D eigenvalue weighted by molar-refractivity contribution is 5.20. The van der Waals surface area contributed by atoms with Gasteiger partial charge in [0.25, 0.3) is 5.56 Å². The number of nitrogens with zero attached hydrogens (tertiary/aromatic N) is 2. The molecule has 0 spiro atoms. The van der Waals surface area contributed by atoms with Crippen LogP contribution in [0, 0.1) is 17.0 Å². The molecule has 32 heavy (non-hydrogen) atoms. The van der Waals surface area contributed by atoms with Gasteiger partial charge in [-0.25, -0.2) is 0 Å². The van der Waals surface area contributed by atoms with E-state index in [4.69, 9.17) is 4.74 Å². The second-order valence-electron chi connectivity index (χ2n) is 7.71. The summed E-state index contributed by atoms with van der Waals surface area (Å²) in [6.45, 7) is 11.4. The van der Waals surface area contributed by atoms with Crippen molar-refractivity contribution in [1.82, 2.24) is 4.57 Å². The van der Waals surface area contributed by atoms with Crippen molar-refractivity contribution in [2.24, 2.45) is 0 Å². The second-order valence-corrected chi connectivity index (χ2v) is 7.71. The Morgan fingerprint density at radius 2 is 1.62 bits per heavy atom. The van der Waals surface area contributed by atoms with Gasteiger partial charge in [0, 0.05) is 23.6 Å². The van der Waals surface area contributed by atoms with E-state index < -0.39 is 12.1 Å². The lowest BCUT2D eigenvalue weighted by Gasteiger charge is -2.30. The monoisotopic (exact) mass is 444 g/mol. The molecule has 1 heterocycles. The predicted octanol–water partition coefficient (Wildman–Crippen LogP) is 6.16. The van der Waals surface area contributed by atoms with E-state index in [1.165, 1.54) is 17.1 Å². The number of benzene rings is 1. The molecular weight excluding hydrogens is 404 g/mol. The molecule has 0 aliphatic heterocycles. The Morgan fingerprint density at radius 1 is 1.03 bits per heavy atom. The minimum absolute atomic E-state index is 0.0851. The van der Waals surface area contributed by atoms with Crippen LogP contribution in [0.1, 0.15) is 83.4 Å². The zero-order valence-electron chi connectivity index (χ0n) is 20.5. The molecule has 6 heteroatoms. The van der Waals surface area contributed by atoms with Gasteiger partial charge in [-0.15, -0.1) is 0 Å². The van der Waals surface area contributed by atoms with Crippen LogP contribution in [0.15, 0.2) is 53.5 Å². The lowest BCUT2D eigenvalue weighted by atomic mass is 9.83. The van der Waals surface area contributed by atoms with Crippen molar-refractivity contribution in [3.8, 4) is 0 Å². The molecule has 6 nitrogen and oxygen atoms in total. The molecule has 1 aromatic carbocycles. The summed E-state index contributed by atoms with van der Waals surface area (Å²) < 4.78 is 7.54. The predicted molar refractivity (Wildman–Crippen MR) is 131 cm³/mol. The van der Waals surface area contributed by atoms with Crippen molar-refractivity contribution >= 4 is 0 Å². The highest BCUT2D eigenvalue weighted by Gasteiger charge is 2.31. The Hall–Kier alpha value is -2.47. The van der Waals surface area contributed by atoms with Crippen molar-refractivity contribution in [2.75, 3.05) is 6.61 Å². The first-order chi connectivity index (χ1) is 15.5. The van der Waals surface area contributed by atoms with Gasteiger partial charge in [0.05, 0.1) is 12.7 Å². The van der Waals surface area contributed by atoms with Crippen molar-refractivity contribution < 1.29 is 9.66 Å². The molecule has 1 saturated carbocycles. The number of ether oxygens (including phenoxy) is 1. The summed E-state index contributed by atoms with van der Waals surface area (Å²) in [5.74, 6) is 0.550. The molecule has 1 aliphatic rings. The van der Waals surface area contributed by atoms with Crippen LogP contribution in [0.3, 0.4) is 0 Å². The maximum Gasteiger partial charge on any atom is 0.254 e. The summed E-state index contributed by atoms with van der Waals surface area (Å²) in [5.41, 5.74) is 1.75. The number of hydrogen-bond donors (Lipinski definition) is 0. The number of rotatable bonds is 7. The third kappa shape index (κ3) is 7.59. The highest BCUT2D eigenvalue weighted by Crippen LogP contribution is 2.34. The van der Waals surface area contributed by atoms with Gasteiger partial charge in [0.1, 0.15) is 6.04 Å². The average Bonchev–Trinajstić information content (AvgIpc) is 2.85. The fraction of sp³-hybridized carbons (Fsp3) is 0.577. The Labute approximate surface area is 192 Å². The van der Waals surface area contributed by atoms with E-state index in [9.17, 15) is 14.9 Å². The lowest BCUT2D eigenvalue weighted by Crippen LogP contribution is -2.39. The van der Waals surface area contributed by atoms with Crippen molar-refractivity contribution in [2.45, 2.75) is 91.3 Å². The van der Waals surface area contributed by atoms with Gasteiger partial charge in [-0.05, 0) is 50.2 Å². The standard InChI is InChI=1S/C22H28N2O4.2C2H6/c1-16-7-6-14-23(22(16)25)21(17(2)24(26)27)15-28-20-12-10-19(11-13-20)18-8-4-3-5-9-18;2*1-2/h3-9,14,17,19-21H,10-13,15H2,1-2H3;2*1-2H3. The zero-order valence-corrected chi connectivity index (χ0v) is 20.5. The zero-order chi connectivity index (χ0) is 24.1. The Bertz CT molecular complexity index is 842. The van der Waals surface area contributed by atoms with Gasteiger partial charge in [0.15, 0.2) is 0 Å². The fourth-order valence-electron chi connectivity index (χ4n) is 4.00. The second kappa shape index (κ2) is 14.6. The van der Waals surface area contributed by atoms with Crippen LogP contribution in [0.5, 0.6) is 0 Å². The van der Waals surface area contributed by atoms with Gasteiger partial charge in [0.2, 0.25) is 6.04 Å². The molecule has 2 unspecified atom stereocenters. The Kier molecular flexibility index (Phi) is 12.5. The smallest absolute Gasteiger partial charge is 0.254 e. The molecule has 1 aromatic heterocycles. The van der Waals surface area contributed by atoms with Crippen LogP contribution < -0.4 is 5.56 Å². The van der Waals surface area contributed by atoms with Crippen LogP contribution in [0.2, 0.25) is 0 Å². The SMILES string of the molecule is CC.CC.Cc1cccn(C(COC2CCC(c3ccccc3)CC2)C(C)[N+](=O)[O-])c1=O. The van der Waals surface area contributed by atoms with Crippen molar-refractivity contribution in [1.29, 1.82) is 0 Å². The molecule has 0 saturated heterocycles. The molecule has 2 aromatic rings. The third-order valence-corrected chi connectivity index (χ3v) is 5.86. The summed E-state index contributed by atoms with van der Waals surface area (Å²) in [6.07, 6.45) is 5.67. The average molecular weight is 445 g/mol. The van der Waals surface area contributed by atoms with E-state index in [0.717, 1.165) is 25.7 Å². The minimum atomic E-state index is -0.903. The molecule has 0 bridgehead atoms. The van der Waals surface area contributed by atoms with Crippen molar-refractivity contribution in [3.63, 3.8) is 0 Å². The van der Waals surface area contributed by atoms with Crippen LogP contribution in [0.25, 0.3) is 0 Å². The normalized spacial score (nSPS) is 19.4. The molecule has 0 N–H and O–H groups in total. The fourth-order valence-corrected chi connectivity index (χ4v) is 4.00. The van der Waals surface area contributed by atoms with Gasteiger partial charge < -0.3 is 9.30 Å². The Morgan fingerprint density at radius 3 is 2.19 bits per heavy atom. The van der Waals surface area contributed by atoms with E-state index >= 15 is 0 Å². The number of aromatic nitrogens is 1. The van der Waals surface area contributed by atoms with E-state index in [-0.39, 0.29) is 23.2 Å². The number of pyridine rings is 1. The number of hydrogen-bond acceptors (Lipinski definition) is 4. The van der Waals surface area contributed by atoms with Crippen LogP contribution in [-0.4, -0.2) is 28.2 Å². The molecule has 3 rings (SSSR count). The maximum absolute atomic E-state index is 12.5. The number of aryl methyl sites for hydroxylation is 1. The molecule has 1 aliphatic carbocycles. The summed E-state index contributed by atoms with van der Waals surface area (Å²) in [7, 11) is 0. The van der Waals surface area contributed by atoms with Crippen LogP contribution in [0.4, 0.5) is 0 Å². The summed E-state index contributed by atoms with van der Waals surface area (Å²) in [6, 6.07) is 12.5. The molecule has 178 valence electrons. The molecular formula is C26H40N2O4. The molecule has 0 amide bonds. The largest absolute Gasteiger partial charge is 0.376 e. The van der Waals surface area contributed by atoms with Gasteiger partial charge in [-0.3, -0.25) is 14.9 Å². The molecule has 0 radical (unpaired) electrons. The maximum atomic E-state index is 12.5. The summed E-state index contributed by atoms with van der Waals surface area (Å²) in [4.78, 5) is 23.5. The van der Waals surface area contributed by atoms with Gasteiger partial charge >= 0.3 is 0 Å². The van der Waals surface area contributed by atoms with Crippen LogP contribution >= 0.6 is 0 Å². The van der Waals surface area contributed by atoms with E-state index in [1.807, 2.05) is 33.8 Å². The lowest BCUT2D eigenvalue weighted by molar-refractivity contribution is -0.526. The van der Waals surface area contributed by atoms with Gasteiger partial charge in [-0.2, -0.15) is 0 Å². The quantitative estimate of drug-likeness (QED) is 0.379. The molecule has 2 atom stereocenters. The first-order valence-electron chi connectivity index (χ1n) is 11.9. The highest BCUT2D eigenvalue weighted by atomic mass is 16.6. The van der Waals surface area contributed by atoms with Crippen LogP contribution in [-0.2, 0) is 4.74 Å². The number of nitro groups is 1. The van der Waals surface area contributed by atoms with E-state index in [2.05, 4.69) is 24.3 Å².